The minimum absolute atomic E-state index is 0.0493. The summed E-state index contributed by atoms with van der Waals surface area (Å²) in [5.41, 5.74) is 5.07. The average molecular weight is 951 g/mol. The lowest BCUT2D eigenvalue weighted by Crippen LogP contribution is -2.15. The van der Waals surface area contributed by atoms with Crippen molar-refractivity contribution >= 4 is 57.7 Å². The van der Waals surface area contributed by atoms with Crippen LogP contribution in [-0.2, 0) is 26.6 Å². The maximum atomic E-state index is 14.6. The van der Waals surface area contributed by atoms with Crippen LogP contribution >= 0.6 is 0 Å². The van der Waals surface area contributed by atoms with Gasteiger partial charge >= 0.3 is 0 Å². The van der Waals surface area contributed by atoms with Gasteiger partial charge in [0, 0.05) is 82.0 Å². The predicted octanol–water partition coefficient (Wildman–Crippen LogP) is 9.20. The minimum Gasteiger partial charge on any atom is -0.494 e. The number of nitrogens with zero attached hydrogens (tertiary/aromatic N) is 12. The molecule has 7 heterocycles. The molecule has 8 aromatic rings. The number of hydrogen-bond acceptors (Lipinski definition) is 17. The van der Waals surface area contributed by atoms with E-state index in [2.05, 4.69) is 66.5 Å². The number of hydrogen-bond donors (Lipinski definition) is 4. The maximum Gasteiger partial charge on any atom is 0.218 e. The first-order valence-electron chi connectivity index (χ1n) is 22.2. The minimum atomic E-state index is -0.543. The van der Waals surface area contributed by atoms with Crippen LogP contribution in [0.5, 0.6) is 11.5 Å². The number of benzene rings is 1. The molecule has 0 amide bonds. The highest BCUT2D eigenvalue weighted by Crippen LogP contribution is 2.39. The number of halogens is 1. The maximum absolute atomic E-state index is 14.6. The van der Waals surface area contributed by atoms with Crippen molar-refractivity contribution < 1.29 is 23.5 Å². The first-order chi connectivity index (χ1) is 33.5. The van der Waals surface area contributed by atoms with E-state index in [-0.39, 0.29) is 17.0 Å². The monoisotopic (exact) mass is 950 g/mol. The van der Waals surface area contributed by atoms with Crippen molar-refractivity contribution in [2.24, 2.45) is 21.1 Å². The molecule has 8 rings (SSSR count). The van der Waals surface area contributed by atoms with Crippen LogP contribution in [0.15, 0.2) is 85.8 Å². The number of ether oxygens (including phenoxy) is 2. The molecular formula is C49H55FN16O4. The summed E-state index contributed by atoms with van der Waals surface area (Å²) >= 11 is 0. The number of aromatic nitrogens is 12. The van der Waals surface area contributed by atoms with Gasteiger partial charge in [0.25, 0.3) is 0 Å². The zero-order chi connectivity index (χ0) is 50.3. The molecule has 70 heavy (non-hydrogen) atoms. The number of carbonyl (C=O) groups is 2. The van der Waals surface area contributed by atoms with Gasteiger partial charge in [-0.15, -0.1) is 0 Å². The SMILES string of the molecule is CCC(=O)c1cnc(Nc2cc(C)n(C)n2)cc1Nc1nccc(-c2ncn(C)n2)c1OC.CCC(=O)c1cnc(Nc2ccc(C(C)(C)C)c(F)n2)cc1Nc1cccc(-c2ncn(C)n2)c1OC. The fraction of sp³-hybridized carbons (Fsp3) is 0.286. The molecule has 0 radical (unpaired) electrons. The number of pyridine rings is 4. The number of Topliss-reactive ketones (excluding diaryl/α,β-unsaturated/α-hetero) is 2. The Morgan fingerprint density at radius 2 is 1.21 bits per heavy atom. The van der Waals surface area contributed by atoms with Crippen molar-refractivity contribution in [2.45, 2.75) is 59.8 Å². The van der Waals surface area contributed by atoms with Gasteiger partial charge in [0.2, 0.25) is 5.95 Å². The Morgan fingerprint density at radius 3 is 1.71 bits per heavy atom. The normalized spacial score (nSPS) is 11.1. The van der Waals surface area contributed by atoms with Gasteiger partial charge in [0.1, 0.15) is 30.1 Å². The molecule has 0 aliphatic rings. The number of ketones is 2. The molecule has 0 bridgehead atoms. The Morgan fingerprint density at radius 1 is 0.643 bits per heavy atom. The van der Waals surface area contributed by atoms with Gasteiger partial charge in [-0.3, -0.25) is 23.6 Å². The van der Waals surface area contributed by atoms with E-state index in [4.69, 9.17) is 9.47 Å². The van der Waals surface area contributed by atoms with Crippen LogP contribution in [-0.4, -0.2) is 85.0 Å². The van der Waals surface area contributed by atoms with Crippen molar-refractivity contribution in [3.05, 3.63) is 114 Å². The van der Waals surface area contributed by atoms with Crippen molar-refractivity contribution in [3.63, 3.8) is 0 Å². The summed E-state index contributed by atoms with van der Waals surface area (Å²) in [6.45, 7) is 11.3. The number of aryl methyl sites for hydroxylation is 4. The quantitative estimate of drug-likeness (QED) is 0.0522. The van der Waals surface area contributed by atoms with Crippen molar-refractivity contribution in [1.29, 1.82) is 0 Å². The number of rotatable bonds is 16. The molecule has 362 valence electrons. The highest BCUT2D eigenvalue weighted by atomic mass is 19.1. The van der Waals surface area contributed by atoms with Gasteiger partial charge in [0.15, 0.2) is 46.4 Å². The first kappa shape index (κ1) is 49.3. The van der Waals surface area contributed by atoms with Crippen molar-refractivity contribution in [2.75, 3.05) is 35.5 Å². The molecule has 0 unspecified atom stereocenters. The van der Waals surface area contributed by atoms with Gasteiger partial charge in [-0.25, -0.2) is 29.9 Å². The Labute approximate surface area is 404 Å². The standard InChI is InChI=1S/C27H30FN7O2.C22H25N9O2/c1-7-21(36)17-14-29-23(32-22-12-11-18(25(28)33-22)27(2,3)4)13-20(17)31-19-10-8-9-16(24(19)37-6)26-30-15-35(5)34-26;1-6-17(32)15-11-24-18(27-19-9-13(2)31(4)28-19)10-16(15)26-22-20(33-5)14(7-8-23-22)21-25-12-30(3)29-21/h8-15H,7H2,1-6H3,(H2,29,31,32,33);7-12H,6H2,1-5H3,(H2,23,24,26,27,28). The number of methoxy groups -OCH3 is 2. The Balaban J connectivity index is 0.000000208. The van der Waals surface area contributed by atoms with Gasteiger partial charge in [-0.1, -0.05) is 46.8 Å². The summed E-state index contributed by atoms with van der Waals surface area (Å²) in [7, 11) is 8.56. The van der Waals surface area contributed by atoms with Gasteiger partial charge in [0.05, 0.1) is 53.5 Å². The van der Waals surface area contributed by atoms with E-state index in [9.17, 15) is 14.0 Å². The highest BCUT2D eigenvalue weighted by molar-refractivity contribution is 6.03. The van der Waals surface area contributed by atoms with Crippen LogP contribution in [0.4, 0.5) is 50.5 Å². The van der Waals surface area contributed by atoms with Gasteiger partial charge in [-0.2, -0.15) is 19.7 Å². The molecule has 0 atom stereocenters. The zero-order valence-corrected chi connectivity index (χ0v) is 40.9. The topological polar surface area (TPSA) is 232 Å². The second-order valence-corrected chi connectivity index (χ2v) is 17.0. The molecule has 0 saturated carbocycles. The summed E-state index contributed by atoms with van der Waals surface area (Å²) in [5.74, 6) is 3.65. The van der Waals surface area contributed by atoms with Crippen LogP contribution in [0, 0.1) is 12.9 Å². The molecule has 20 nitrogen and oxygen atoms in total. The second kappa shape index (κ2) is 21.1. The van der Waals surface area contributed by atoms with Crippen LogP contribution in [0.3, 0.4) is 0 Å². The third-order valence-corrected chi connectivity index (χ3v) is 10.9. The smallest absolute Gasteiger partial charge is 0.218 e. The van der Waals surface area contributed by atoms with Gasteiger partial charge < -0.3 is 30.7 Å². The van der Waals surface area contributed by atoms with E-state index in [1.807, 2.05) is 59.0 Å². The number of anilines is 8. The van der Waals surface area contributed by atoms with E-state index in [0.717, 1.165) is 5.69 Å². The Hall–Kier alpha value is -8.62. The lowest BCUT2D eigenvalue weighted by molar-refractivity contribution is 0.0980. The third-order valence-electron chi connectivity index (χ3n) is 10.9. The van der Waals surface area contributed by atoms with Crippen molar-refractivity contribution in [3.8, 4) is 34.3 Å². The molecule has 4 N–H and O–H groups in total. The fourth-order valence-corrected chi connectivity index (χ4v) is 7.18. The lowest BCUT2D eigenvalue weighted by atomic mass is 9.88. The van der Waals surface area contributed by atoms with E-state index < -0.39 is 5.95 Å². The highest BCUT2D eigenvalue weighted by Gasteiger charge is 2.22. The fourth-order valence-electron chi connectivity index (χ4n) is 7.18. The molecule has 0 fully saturated rings. The summed E-state index contributed by atoms with van der Waals surface area (Å²) in [6.07, 6.45) is 8.54. The summed E-state index contributed by atoms with van der Waals surface area (Å²) in [5, 5.41) is 25.9. The molecule has 7 aromatic heterocycles. The third kappa shape index (κ3) is 11.2. The molecule has 0 spiro atoms. The van der Waals surface area contributed by atoms with Crippen LogP contribution in [0.2, 0.25) is 0 Å². The summed E-state index contributed by atoms with van der Waals surface area (Å²) in [4.78, 5) is 51.2. The van der Waals surface area contributed by atoms with E-state index >= 15 is 0 Å². The molecule has 21 heteroatoms. The van der Waals surface area contributed by atoms with Crippen LogP contribution in [0.25, 0.3) is 22.8 Å². The van der Waals surface area contributed by atoms with E-state index in [1.54, 1.807) is 112 Å². The lowest BCUT2D eigenvalue weighted by Gasteiger charge is -2.19. The van der Waals surface area contributed by atoms with E-state index in [0.29, 0.717) is 110 Å². The number of nitrogens with one attached hydrogen (secondary N) is 4. The number of para-hydroxylation sites is 1. The molecule has 0 aliphatic heterocycles. The molecule has 0 saturated heterocycles. The zero-order valence-electron chi connectivity index (χ0n) is 40.9. The molecule has 0 aliphatic carbocycles. The van der Waals surface area contributed by atoms with Crippen LogP contribution in [0.1, 0.15) is 79.4 Å². The Bertz CT molecular complexity index is 3150. The summed E-state index contributed by atoms with van der Waals surface area (Å²) in [6, 6.07) is 16.1. The largest absolute Gasteiger partial charge is 0.494 e. The van der Waals surface area contributed by atoms with Gasteiger partial charge in [-0.05, 0) is 36.6 Å². The van der Waals surface area contributed by atoms with Crippen LogP contribution < -0.4 is 30.7 Å². The van der Waals surface area contributed by atoms with E-state index in [1.165, 1.54) is 6.20 Å². The van der Waals surface area contributed by atoms with Crippen molar-refractivity contribution in [1.82, 2.24) is 59.2 Å². The average Bonchev–Trinajstić information content (AvgIpc) is 4.06. The molecular weight excluding hydrogens is 896 g/mol. The number of carbonyl (C=O) groups excluding carboxylic acids is 2. The summed E-state index contributed by atoms with van der Waals surface area (Å²) < 4.78 is 31.0. The second-order valence-electron chi connectivity index (χ2n) is 17.0. The molecule has 1 aromatic carbocycles. The first-order valence-corrected chi connectivity index (χ1v) is 22.2. The Kier molecular flexibility index (Phi) is 14.9. The predicted molar refractivity (Wildman–Crippen MR) is 265 cm³/mol.